The third-order valence-electron chi connectivity index (χ3n) is 8.83. The summed E-state index contributed by atoms with van der Waals surface area (Å²) in [5.74, 6) is 3.18. The van der Waals surface area contributed by atoms with E-state index in [1.165, 1.54) is 44.9 Å². The monoisotopic (exact) mass is 306 g/mol. The molecule has 2 heteroatoms. The molecule has 2 N–H and O–H groups in total. The first-order chi connectivity index (χ1) is 10.4. The van der Waals surface area contributed by atoms with Crippen molar-refractivity contribution in [2.45, 2.75) is 90.3 Å². The van der Waals surface area contributed by atoms with Crippen LogP contribution >= 0.6 is 0 Å². The van der Waals surface area contributed by atoms with Crippen LogP contribution in [-0.4, -0.2) is 22.4 Å². The summed E-state index contributed by atoms with van der Waals surface area (Å²) in [6, 6.07) is 0. The lowest BCUT2D eigenvalue weighted by Gasteiger charge is -2.63. The number of hydrogen-bond donors (Lipinski definition) is 2. The summed E-state index contributed by atoms with van der Waals surface area (Å²) in [5.41, 5.74) is 0.655. The Balaban J connectivity index is 1.62. The molecule has 4 aliphatic carbocycles. The highest BCUT2D eigenvalue weighted by Gasteiger charge is 2.58. The van der Waals surface area contributed by atoms with Gasteiger partial charge >= 0.3 is 0 Å². The average molecular weight is 306 g/mol. The Morgan fingerprint density at radius 2 is 1.50 bits per heavy atom. The minimum absolute atomic E-state index is 0.0417. The van der Waals surface area contributed by atoms with Crippen LogP contribution in [-0.2, 0) is 0 Å². The van der Waals surface area contributed by atoms with Crippen LogP contribution in [0.3, 0.4) is 0 Å². The summed E-state index contributed by atoms with van der Waals surface area (Å²) in [4.78, 5) is 0. The summed E-state index contributed by atoms with van der Waals surface area (Å²) >= 11 is 0. The minimum Gasteiger partial charge on any atom is -0.393 e. The summed E-state index contributed by atoms with van der Waals surface area (Å²) in [6.07, 6.45) is 12.0. The van der Waals surface area contributed by atoms with Gasteiger partial charge in [0.2, 0.25) is 0 Å². The Kier molecular flexibility index (Phi) is 3.66. The van der Waals surface area contributed by atoms with E-state index in [9.17, 15) is 10.2 Å². The van der Waals surface area contributed by atoms with Crippen molar-refractivity contribution in [3.63, 3.8) is 0 Å². The fourth-order valence-corrected chi connectivity index (χ4v) is 7.40. The van der Waals surface area contributed by atoms with Crippen molar-refractivity contribution in [3.05, 3.63) is 0 Å². The van der Waals surface area contributed by atoms with Gasteiger partial charge in [0.05, 0.1) is 12.2 Å². The van der Waals surface area contributed by atoms with E-state index >= 15 is 0 Å². The molecule has 126 valence electrons. The molecular weight excluding hydrogens is 272 g/mol. The Hall–Kier alpha value is -0.0800. The van der Waals surface area contributed by atoms with E-state index in [2.05, 4.69) is 13.8 Å². The molecule has 2 nitrogen and oxygen atoms in total. The molecule has 4 rings (SSSR count). The number of aliphatic hydroxyl groups is 2. The molecule has 0 bridgehead atoms. The van der Waals surface area contributed by atoms with Crippen molar-refractivity contribution in [1.29, 1.82) is 0 Å². The van der Waals surface area contributed by atoms with Gasteiger partial charge in [-0.3, -0.25) is 0 Å². The smallest absolute Gasteiger partial charge is 0.0596 e. The highest BCUT2D eigenvalue weighted by Crippen LogP contribution is 2.65. The summed E-state index contributed by atoms with van der Waals surface area (Å²) in [6.45, 7) is 4.93. The SMILES string of the molecule is C[C@@]12CC[C@H]3[C@@H](CC[C@@H]4C[C@H](O)CC[C@]43C)[C@H]1CCC[C@@H]2O. The number of rotatable bonds is 0. The molecule has 0 spiro atoms. The first kappa shape index (κ1) is 15.4. The van der Waals surface area contributed by atoms with Crippen molar-refractivity contribution in [2.24, 2.45) is 34.5 Å². The van der Waals surface area contributed by atoms with Crippen LogP contribution in [0, 0.1) is 34.5 Å². The van der Waals surface area contributed by atoms with Crippen molar-refractivity contribution < 1.29 is 10.2 Å². The van der Waals surface area contributed by atoms with Crippen LogP contribution in [0.25, 0.3) is 0 Å². The highest BCUT2D eigenvalue weighted by atomic mass is 16.3. The van der Waals surface area contributed by atoms with Crippen LogP contribution in [0.2, 0.25) is 0 Å². The third kappa shape index (κ3) is 2.05. The van der Waals surface area contributed by atoms with E-state index in [1.54, 1.807) is 0 Å². The molecule has 4 saturated carbocycles. The second kappa shape index (κ2) is 5.21. The maximum atomic E-state index is 10.7. The van der Waals surface area contributed by atoms with Crippen molar-refractivity contribution in [2.75, 3.05) is 0 Å². The fraction of sp³-hybridized carbons (Fsp3) is 1.00. The van der Waals surface area contributed by atoms with Crippen molar-refractivity contribution in [1.82, 2.24) is 0 Å². The molecule has 8 atom stereocenters. The molecular formula is C20H34O2. The molecule has 0 heterocycles. The van der Waals surface area contributed by atoms with E-state index in [1.807, 2.05) is 0 Å². The lowest BCUT2D eigenvalue weighted by molar-refractivity contribution is -0.165. The lowest BCUT2D eigenvalue weighted by atomic mass is 9.43. The van der Waals surface area contributed by atoms with Gasteiger partial charge in [-0.25, -0.2) is 0 Å². The first-order valence-corrected chi connectivity index (χ1v) is 9.81. The second-order valence-electron chi connectivity index (χ2n) is 9.58. The Labute approximate surface area is 135 Å². The molecule has 0 unspecified atom stereocenters. The van der Waals surface area contributed by atoms with Crippen molar-refractivity contribution in [3.8, 4) is 0 Å². The highest BCUT2D eigenvalue weighted by molar-refractivity contribution is 5.08. The van der Waals surface area contributed by atoms with Gasteiger partial charge < -0.3 is 10.2 Å². The largest absolute Gasteiger partial charge is 0.393 e. The normalized spacial score (nSPS) is 58.4. The number of hydrogen-bond acceptors (Lipinski definition) is 2. The predicted molar refractivity (Wildman–Crippen MR) is 88.4 cm³/mol. The molecule has 0 radical (unpaired) electrons. The zero-order valence-corrected chi connectivity index (χ0v) is 14.4. The van der Waals surface area contributed by atoms with Crippen LogP contribution in [0.4, 0.5) is 0 Å². The molecule has 4 fully saturated rings. The quantitative estimate of drug-likeness (QED) is 0.706. The van der Waals surface area contributed by atoms with Crippen LogP contribution in [0.5, 0.6) is 0 Å². The molecule has 0 aromatic heterocycles. The standard InChI is InChI=1S/C20H34O2/c1-19-10-8-14(21)12-13(19)6-7-15-16-4-3-5-18(22)20(16,2)11-9-17(15)19/h13-18,21-22H,3-12H2,1-2H3/t13-,14-,15+,16-,17+,18+,19-,20-/m1/s1. The Bertz CT molecular complexity index is 435. The van der Waals surface area contributed by atoms with Gasteiger partial charge in [-0.2, -0.15) is 0 Å². The number of fused-ring (bicyclic) bond motifs is 5. The van der Waals surface area contributed by atoms with E-state index in [0.29, 0.717) is 5.41 Å². The van der Waals surface area contributed by atoms with Gasteiger partial charge in [0.1, 0.15) is 0 Å². The fourth-order valence-electron chi connectivity index (χ4n) is 7.40. The van der Waals surface area contributed by atoms with Crippen LogP contribution in [0.1, 0.15) is 78.1 Å². The van der Waals surface area contributed by atoms with E-state index in [-0.39, 0.29) is 17.6 Å². The molecule has 22 heavy (non-hydrogen) atoms. The predicted octanol–water partition coefficient (Wildman–Crippen LogP) is 4.14. The van der Waals surface area contributed by atoms with Crippen molar-refractivity contribution >= 4 is 0 Å². The van der Waals surface area contributed by atoms with Gasteiger partial charge in [-0.1, -0.05) is 20.3 Å². The maximum absolute atomic E-state index is 10.7. The Morgan fingerprint density at radius 1 is 0.773 bits per heavy atom. The summed E-state index contributed by atoms with van der Waals surface area (Å²) in [7, 11) is 0. The van der Waals surface area contributed by atoms with Gasteiger partial charge in [0.15, 0.2) is 0 Å². The summed E-state index contributed by atoms with van der Waals surface area (Å²) < 4.78 is 0. The topological polar surface area (TPSA) is 40.5 Å². The minimum atomic E-state index is -0.0640. The van der Waals surface area contributed by atoms with Crippen LogP contribution in [0.15, 0.2) is 0 Å². The van der Waals surface area contributed by atoms with Gasteiger partial charge in [0.25, 0.3) is 0 Å². The van der Waals surface area contributed by atoms with E-state index in [4.69, 9.17) is 0 Å². The molecule has 0 aliphatic heterocycles. The Morgan fingerprint density at radius 3 is 2.32 bits per heavy atom. The number of aliphatic hydroxyl groups excluding tert-OH is 2. The third-order valence-corrected chi connectivity index (χ3v) is 8.83. The molecule has 0 amide bonds. The lowest BCUT2D eigenvalue weighted by Crippen LogP contribution is -2.57. The molecule has 0 aromatic carbocycles. The molecule has 0 aromatic rings. The van der Waals surface area contributed by atoms with Crippen LogP contribution < -0.4 is 0 Å². The van der Waals surface area contributed by atoms with Gasteiger partial charge in [-0.05, 0) is 92.3 Å². The zero-order chi connectivity index (χ0) is 15.5. The average Bonchev–Trinajstić information content (AvgIpc) is 2.49. The summed E-state index contributed by atoms with van der Waals surface area (Å²) in [5, 5.41) is 20.7. The maximum Gasteiger partial charge on any atom is 0.0596 e. The van der Waals surface area contributed by atoms with Gasteiger partial charge in [0, 0.05) is 0 Å². The van der Waals surface area contributed by atoms with E-state index in [0.717, 1.165) is 42.9 Å². The zero-order valence-electron chi connectivity index (χ0n) is 14.4. The van der Waals surface area contributed by atoms with Gasteiger partial charge in [-0.15, -0.1) is 0 Å². The second-order valence-corrected chi connectivity index (χ2v) is 9.58. The molecule has 4 aliphatic rings. The van der Waals surface area contributed by atoms with E-state index < -0.39 is 0 Å². The molecule has 0 saturated heterocycles. The first-order valence-electron chi connectivity index (χ1n) is 9.81.